The summed E-state index contributed by atoms with van der Waals surface area (Å²) in [5, 5.41) is 2.70. The number of nitrogens with zero attached hydrogens (tertiary/aromatic N) is 1. The molecule has 1 aliphatic carbocycles. The zero-order chi connectivity index (χ0) is 19.4. The number of imide groups is 1. The lowest BCUT2D eigenvalue weighted by atomic mass is 9.85. The van der Waals surface area contributed by atoms with Crippen molar-refractivity contribution in [2.75, 3.05) is 18.5 Å². The molecule has 27 heavy (non-hydrogen) atoms. The Bertz CT molecular complexity index is 758. The number of anilines is 1. The van der Waals surface area contributed by atoms with Crippen molar-refractivity contribution in [2.45, 2.75) is 26.2 Å². The molecule has 3 amide bonds. The Balaban J connectivity index is 1.52. The summed E-state index contributed by atoms with van der Waals surface area (Å²) in [4.78, 5) is 49.7. The number of amides is 3. The first-order valence-corrected chi connectivity index (χ1v) is 9.08. The lowest BCUT2D eigenvalue weighted by Gasteiger charge is -2.14. The van der Waals surface area contributed by atoms with Gasteiger partial charge in [0, 0.05) is 18.7 Å². The highest BCUT2D eigenvalue weighted by Gasteiger charge is 2.46. The van der Waals surface area contributed by atoms with E-state index in [1.165, 1.54) is 4.90 Å². The quantitative estimate of drug-likeness (QED) is 0.470. The fourth-order valence-corrected chi connectivity index (χ4v) is 3.43. The maximum atomic E-state index is 12.4. The van der Waals surface area contributed by atoms with Crippen LogP contribution in [0.5, 0.6) is 0 Å². The summed E-state index contributed by atoms with van der Waals surface area (Å²) in [6.07, 6.45) is 5.07. The summed E-state index contributed by atoms with van der Waals surface area (Å²) < 4.78 is 4.90. The van der Waals surface area contributed by atoms with Crippen molar-refractivity contribution in [1.82, 2.24) is 4.90 Å². The highest BCUT2D eigenvalue weighted by Crippen LogP contribution is 2.35. The number of nitrogens with one attached hydrogen (secondary N) is 1. The maximum Gasteiger partial charge on any atom is 0.338 e. The predicted molar refractivity (Wildman–Crippen MR) is 97.7 cm³/mol. The fourth-order valence-electron chi connectivity index (χ4n) is 3.43. The van der Waals surface area contributed by atoms with Crippen LogP contribution in [0.25, 0.3) is 0 Å². The molecule has 3 rings (SSSR count). The number of esters is 1. The molecule has 2 atom stereocenters. The van der Waals surface area contributed by atoms with Gasteiger partial charge in [0.2, 0.25) is 17.7 Å². The smallest absolute Gasteiger partial charge is 0.338 e. The van der Waals surface area contributed by atoms with E-state index in [2.05, 4.69) is 5.32 Å². The summed E-state index contributed by atoms with van der Waals surface area (Å²) in [7, 11) is 0. The summed E-state index contributed by atoms with van der Waals surface area (Å²) in [6.45, 7) is 2.11. The van der Waals surface area contributed by atoms with Gasteiger partial charge in [0.1, 0.15) is 0 Å². The van der Waals surface area contributed by atoms with E-state index in [-0.39, 0.29) is 42.5 Å². The molecule has 0 unspecified atom stereocenters. The molecule has 0 saturated carbocycles. The number of benzene rings is 1. The summed E-state index contributed by atoms with van der Waals surface area (Å²) in [5.41, 5.74) is 0.935. The lowest BCUT2D eigenvalue weighted by molar-refractivity contribution is -0.140. The Morgan fingerprint density at radius 1 is 1.07 bits per heavy atom. The third-order valence-electron chi connectivity index (χ3n) is 4.84. The van der Waals surface area contributed by atoms with E-state index < -0.39 is 5.97 Å². The van der Waals surface area contributed by atoms with Crippen LogP contribution in [0, 0.1) is 11.8 Å². The second kappa shape index (κ2) is 8.16. The summed E-state index contributed by atoms with van der Waals surface area (Å²) in [6, 6.07) is 6.35. The first-order valence-electron chi connectivity index (χ1n) is 9.08. The van der Waals surface area contributed by atoms with E-state index in [4.69, 9.17) is 4.74 Å². The molecule has 1 aliphatic heterocycles. The summed E-state index contributed by atoms with van der Waals surface area (Å²) in [5.74, 6) is -1.63. The molecule has 1 fully saturated rings. The van der Waals surface area contributed by atoms with Crippen molar-refractivity contribution in [1.29, 1.82) is 0 Å². The highest BCUT2D eigenvalue weighted by atomic mass is 16.5. The predicted octanol–water partition coefficient (Wildman–Crippen LogP) is 2.14. The van der Waals surface area contributed by atoms with Crippen LogP contribution >= 0.6 is 0 Å². The number of ether oxygens (including phenoxy) is 1. The molecule has 1 saturated heterocycles. The molecule has 7 heteroatoms. The number of likely N-dealkylation sites (tertiary alicyclic amines) is 1. The van der Waals surface area contributed by atoms with Gasteiger partial charge in [0.25, 0.3) is 0 Å². The number of allylic oxidation sites excluding steroid dienone is 2. The molecule has 1 aromatic rings. The zero-order valence-electron chi connectivity index (χ0n) is 15.1. The molecule has 1 heterocycles. The molecular weight excluding hydrogens is 348 g/mol. The number of carbonyl (C=O) groups is 4. The number of hydrogen-bond acceptors (Lipinski definition) is 5. The first kappa shape index (κ1) is 18.8. The molecule has 0 radical (unpaired) electrons. The monoisotopic (exact) mass is 370 g/mol. The molecule has 0 aromatic heterocycles. The number of hydrogen-bond donors (Lipinski definition) is 1. The van der Waals surface area contributed by atoms with E-state index in [1.54, 1.807) is 31.2 Å². The first-order chi connectivity index (χ1) is 13.0. The van der Waals surface area contributed by atoms with Crippen molar-refractivity contribution >= 4 is 29.4 Å². The second-order valence-electron chi connectivity index (χ2n) is 6.58. The molecular formula is C20H22N2O5. The van der Waals surface area contributed by atoms with E-state index in [0.717, 1.165) is 0 Å². The van der Waals surface area contributed by atoms with Gasteiger partial charge in [0.15, 0.2) is 0 Å². The van der Waals surface area contributed by atoms with Crippen LogP contribution in [0.4, 0.5) is 5.69 Å². The van der Waals surface area contributed by atoms with Gasteiger partial charge in [-0.2, -0.15) is 0 Å². The Labute approximate surface area is 157 Å². The SMILES string of the molecule is CCOC(=O)c1ccc(NC(=O)CCN2C(=O)[C@H]3CC=CC[C@@H]3C2=O)cc1. The van der Waals surface area contributed by atoms with Gasteiger partial charge < -0.3 is 10.1 Å². The van der Waals surface area contributed by atoms with Gasteiger partial charge in [-0.1, -0.05) is 12.2 Å². The van der Waals surface area contributed by atoms with E-state index >= 15 is 0 Å². The third-order valence-corrected chi connectivity index (χ3v) is 4.84. The average molecular weight is 370 g/mol. The Kier molecular flexibility index (Phi) is 5.69. The van der Waals surface area contributed by atoms with Gasteiger partial charge in [-0.05, 0) is 44.0 Å². The largest absolute Gasteiger partial charge is 0.462 e. The van der Waals surface area contributed by atoms with Gasteiger partial charge in [0.05, 0.1) is 24.0 Å². The molecule has 142 valence electrons. The van der Waals surface area contributed by atoms with Gasteiger partial charge >= 0.3 is 5.97 Å². The van der Waals surface area contributed by atoms with Crippen LogP contribution in [0.2, 0.25) is 0 Å². The minimum absolute atomic E-state index is 0.0317. The minimum atomic E-state index is -0.419. The van der Waals surface area contributed by atoms with Crippen LogP contribution in [0.3, 0.4) is 0 Å². The minimum Gasteiger partial charge on any atom is -0.462 e. The lowest BCUT2D eigenvalue weighted by Crippen LogP contribution is -2.34. The molecule has 1 N–H and O–H groups in total. The van der Waals surface area contributed by atoms with Crippen molar-refractivity contribution in [3.63, 3.8) is 0 Å². The average Bonchev–Trinajstić information content (AvgIpc) is 2.92. The van der Waals surface area contributed by atoms with Crippen LogP contribution in [-0.4, -0.2) is 41.7 Å². The highest BCUT2D eigenvalue weighted by molar-refractivity contribution is 6.05. The van der Waals surface area contributed by atoms with Crippen LogP contribution in [-0.2, 0) is 19.1 Å². The van der Waals surface area contributed by atoms with Gasteiger partial charge in [-0.25, -0.2) is 4.79 Å². The van der Waals surface area contributed by atoms with E-state index in [0.29, 0.717) is 30.7 Å². The van der Waals surface area contributed by atoms with E-state index in [1.807, 2.05) is 12.2 Å². The Morgan fingerprint density at radius 3 is 2.22 bits per heavy atom. The number of fused-ring (bicyclic) bond motifs is 1. The van der Waals surface area contributed by atoms with Crippen LogP contribution in [0.15, 0.2) is 36.4 Å². The third kappa shape index (κ3) is 4.07. The Morgan fingerprint density at radius 2 is 1.67 bits per heavy atom. The van der Waals surface area contributed by atoms with Gasteiger partial charge in [-0.15, -0.1) is 0 Å². The molecule has 2 aliphatic rings. The number of carbonyl (C=O) groups excluding carboxylic acids is 4. The van der Waals surface area contributed by atoms with E-state index in [9.17, 15) is 19.2 Å². The molecule has 0 bridgehead atoms. The summed E-state index contributed by atoms with van der Waals surface area (Å²) >= 11 is 0. The maximum absolute atomic E-state index is 12.4. The fraction of sp³-hybridized carbons (Fsp3) is 0.400. The van der Waals surface area contributed by atoms with Crippen molar-refractivity contribution < 1.29 is 23.9 Å². The Hall–Kier alpha value is -2.96. The number of rotatable bonds is 6. The normalized spacial score (nSPS) is 21.1. The second-order valence-corrected chi connectivity index (χ2v) is 6.58. The molecule has 1 aromatic carbocycles. The molecule has 7 nitrogen and oxygen atoms in total. The van der Waals surface area contributed by atoms with Gasteiger partial charge in [-0.3, -0.25) is 19.3 Å². The van der Waals surface area contributed by atoms with Crippen LogP contribution in [0.1, 0.15) is 36.5 Å². The van der Waals surface area contributed by atoms with Crippen molar-refractivity contribution in [3.8, 4) is 0 Å². The van der Waals surface area contributed by atoms with Crippen molar-refractivity contribution in [2.24, 2.45) is 11.8 Å². The molecule has 0 spiro atoms. The van der Waals surface area contributed by atoms with Crippen molar-refractivity contribution in [3.05, 3.63) is 42.0 Å². The zero-order valence-corrected chi connectivity index (χ0v) is 15.1. The van der Waals surface area contributed by atoms with Crippen LogP contribution < -0.4 is 5.32 Å². The standard InChI is InChI=1S/C20H22N2O5/c1-2-27-20(26)13-7-9-14(10-8-13)21-17(23)11-12-22-18(24)15-5-3-4-6-16(15)19(22)25/h3-4,7-10,15-16H,2,5-6,11-12H2,1H3,(H,21,23)/t15-,16-/m0/s1. The topological polar surface area (TPSA) is 92.8 Å².